The van der Waals surface area contributed by atoms with Crippen LogP contribution in [0.5, 0.6) is 0 Å². The first-order chi connectivity index (χ1) is 6.29. The van der Waals surface area contributed by atoms with Crippen molar-refractivity contribution < 1.29 is 13.9 Å². The van der Waals surface area contributed by atoms with Gasteiger partial charge in [-0.15, -0.1) is 0 Å². The van der Waals surface area contributed by atoms with Crippen molar-refractivity contribution in [2.24, 2.45) is 0 Å². The van der Waals surface area contributed by atoms with Gasteiger partial charge in [-0.1, -0.05) is 6.58 Å². The number of rotatable bonds is 3. The van der Waals surface area contributed by atoms with Crippen molar-refractivity contribution in [1.29, 1.82) is 0 Å². The van der Waals surface area contributed by atoms with Crippen LogP contribution in [0.15, 0.2) is 35.3 Å². The van der Waals surface area contributed by atoms with Crippen LogP contribution < -0.4 is 0 Å². The van der Waals surface area contributed by atoms with E-state index in [0.717, 1.165) is 22.8 Å². The van der Waals surface area contributed by atoms with Gasteiger partial charge in [0, 0.05) is 11.6 Å². The highest BCUT2D eigenvalue weighted by Gasteiger charge is 2.07. The van der Waals surface area contributed by atoms with E-state index < -0.39 is 5.97 Å². The average molecular weight is 176 g/mol. The number of esters is 1. The van der Waals surface area contributed by atoms with Crippen molar-refractivity contribution in [2.75, 3.05) is 0 Å². The van der Waals surface area contributed by atoms with Gasteiger partial charge in [0.15, 0.2) is 0 Å². The van der Waals surface area contributed by atoms with E-state index in [9.17, 15) is 4.79 Å². The van der Waals surface area contributed by atoms with Crippen molar-refractivity contribution in [3.8, 4) is 0 Å². The first-order valence-corrected chi connectivity index (χ1v) is 3.89. The number of ether oxygens (including phenoxy) is 1. The predicted octanol–water partition coefficient (Wildman–Crippen LogP) is 2.10. The largest absolute Gasteiger partial charge is 0.458 e. The van der Waals surface area contributed by atoms with E-state index >= 15 is 0 Å². The summed E-state index contributed by atoms with van der Waals surface area (Å²) in [6.45, 7) is 3.55. The second-order valence-electron chi connectivity index (χ2n) is 2.68. The number of carbonyl (C=O) groups is 1. The minimum atomic E-state index is -0.418. The summed E-state index contributed by atoms with van der Waals surface area (Å²) in [6.07, 6.45) is 1.14. The smallest absolute Gasteiger partial charge is 0.330 e. The fourth-order valence-corrected chi connectivity index (χ4v) is 1.17. The monoisotopic (exact) mass is 176 g/mol. The van der Waals surface area contributed by atoms with Gasteiger partial charge in [0.2, 0.25) is 0 Å². The second kappa shape index (κ2) is 2.94. The van der Waals surface area contributed by atoms with Gasteiger partial charge < -0.3 is 9.15 Å². The van der Waals surface area contributed by atoms with E-state index in [0.29, 0.717) is 0 Å². The van der Waals surface area contributed by atoms with Gasteiger partial charge >= 0.3 is 5.97 Å². The highest BCUT2D eigenvalue weighted by Crippen LogP contribution is 2.22. The Morgan fingerprint density at radius 2 is 2.46 bits per heavy atom. The molecule has 0 aliphatic carbocycles. The Labute approximate surface area is 74.9 Å². The Balaban J connectivity index is 2.06. The molecule has 0 atom stereocenters. The summed E-state index contributed by atoms with van der Waals surface area (Å²) in [5, 5.41) is 0. The zero-order valence-corrected chi connectivity index (χ0v) is 6.95. The normalized spacial score (nSPS) is 10.5. The van der Waals surface area contributed by atoms with Crippen molar-refractivity contribution in [3.63, 3.8) is 0 Å². The number of fused-ring (bicyclic) bond motifs is 2. The van der Waals surface area contributed by atoms with Crippen LogP contribution in [-0.2, 0) is 16.1 Å². The molecule has 2 aromatic heterocycles. The van der Waals surface area contributed by atoms with E-state index in [-0.39, 0.29) is 6.61 Å². The Hall–Kier alpha value is -1.77. The van der Waals surface area contributed by atoms with Gasteiger partial charge in [-0.2, -0.15) is 0 Å². The van der Waals surface area contributed by atoms with E-state index in [4.69, 9.17) is 9.15 Å². The van der Waals surface area contributed by atoms with Crippen LogP contribution in [0.2, 0.25) is 0 Å². The van der Waals surface area contributed by atoms with Crippen LogP contribution in [0, 0.1) is 0 Å². The molecule has 2 bridgehead atoms. The fourth-order valence-electron chi connectivity index (χ4n) is 1.17. The van der Waals surface area contributed by atoms with Gasteiger partial charge in [-0.05, 0) is 18.2 Å². The summed E-state index contributed by atoms with van der Waals surface area (Å²) >= 11 is 0. The van der Waals surface area contributed by atoms with Gasteiger partial charge in [-0.3, -0.25) is 0 Å². The molecule has 2 heterocycles. The lowest BCUT2D eigenvalue weighted by atomic mass is 10.2. The van der Waals surface area contributed by atoms with Crippen LogP contribution >= 0.6 is 0 Å². The SMILES string of the molecule is C=CC(=O)OCc1cc2ccc1o2. The third-order valence-electron chi connectivity index (χ3n) is 1.80. The van der Waals surface area contributed by atoms with E-state index in [1.165, 1.54) is 0 Å². The Kier molecular flexibility index (Phi) is 1.77. The predicted molar refractivity (Wildman–Crippen MR) is 47.4 cm³/mol. The summed E-state index contributed by atoms with van der Waals surface area (Å²) in [5.41, 5.74) is 2.47. The molecule has 0 saturated carbocycles. The first-order valence-electron chi connectivity index (χ1n) is 3.89. The van der Waals surface area contributed by atoms with E-state index in [2.05, 4.69) is 6.58 Å². The van der Waals surface area contributed by atoms with Crippen molar-refractivity contribution >= 4 is 17.1 Å². The molecular formula is C10H8O3. The third-order valence-corrected chi connectivity index (χ3v) is 1.80. The Morgan fingerprint density at radius 1 is 1.62 bits per heavy atom. The highest BCUT2D eigenvalue weighted by molar-refractivity contribution is 5.81. The number of carbonyl (C=O) groups excluding carboxylic acids is 1. The van der Waals surface area contributed by atoms with E-state index in [1.54, 1.807) is 0 Å². The van der Waals surface area contributed by atoms with Crippen LogP contribution in [0.25, 0.3) is 11.2 Å². The molecule has 0 aliphatic heterocycles. The third kappa shape index (κ3) is 1.40. The molecule has 0 radical (unpaired) electrons. The summed E-state index contributed by atoms with van der Waals surface area (Å²) in [4.78, 5) is 10.7. The molecule has 2 rings (SSSR count). The molecular weight excluding hydrogens is 168 g/mol. The van der Waals surface area contributed by atoms with Crippen molar-refractivity contribution in [2.45, 2.75) is 6.61 Å². The van der Waals surface area contributed by atoms with E-state index in [1.807, 2.05) is 18.2 Å². The molecule has 0 spiro atoms. The zero-order valence-electron chi connectivity index (χ0n) is 6.95. The molecule has 66 valence electrons. The maximum absolute atomic E-state index is 10.7. The van der Waals surface area contributed by atoms with Crippen LogP contribution in [-0.4, -0.2) is 5.97 Å². The van der Waals surface area contributed by atoms with Gasteiger partial charge in [-0.25, -0.2) is 4.79 Å². The summed E-state index contributed by atoms with van der Waals surface area (Å²) in [6, 6.07) is 5.58. The Morgan fingerprint density at radius 3 is 3.00 bits per heavy atom. The lowest BCUT2D eigenvalue weighted by molar-refractivity contribution is -0.138. The maximum atomic E-state index is 10.7. The van der Waals surface area contributed by atoms with Crippen LogP contribution in [0.1, 0.15) is 5.56 Å². The summed E-state index contributed by atoms with van der Waals surface area (Å²) in [5.74, 6) is -0.418. The number of benzene rings is 1. The maximum Gasteiger partial charge on any atom is 0.330 e. The highest BCUT2D eigenvalue weighted by atomic mass is 16.5. The van der Waals surface area contributed by atoms with Gasteiger partial charge in [0.25, 0.3) is 0 Å². The Bertz CT molecular complexity index is 427. The van der Waals surface area contributed by atoms with Gasteiger partial charge in [0.1, 0.15) is 17.8 Å². The summed E-state index contributed by atoms with van der Waals surface area (Å²) < 4.78 is 10.1. The molecule has 0 aromatic carbocycles. The number of furan rings is 2. The van der Waals surface area contributed by atoms with Crippen LogP contribution in [0.3, 0.4) is 0 Å². The second-order valence-corrected chi connectivity index (χ2v) is 2.68. The zero-order chi connectivity index (χ0) is 9.26. The molecule has 0 aliphatic rings. The number of hydrogen-bond donors (Lipinski definition) is 0. The molecule has 0 unspecified atom stereocenters. The summed E-state index contributed by atoms with van der Waals surface area (Å²) in [7, 11) is 0. The van der Waals surface area contributed by atoms with Crippen LogP contribution in [0.4, 0.5) is 0 Å². The molecule has 0 fully saturated rings. The molecule has 2 aromatic rings. The molecule has 3 heteroatoms. The first kappa shape index (κ1) is 7.86. The topological polar surface area (TPSA) is 39.4 Å². The molecule has 13 heavy (non-hydrogen) atoms. The lowest BCUT2D eigenvalue weighted by Gasteiger charge is -1.98. The van der Waals surface area contributed by atoms with Gasteiger partial charge in [0.05, 0.1) is 0 Å². The fraction of sp³-hybridized carbons (Fsp3) is 0.100. The molecule has 3 nitrogen and oxygen atoms in total. The lowest BCUT2D eigenvalue weighted by Crippen LogP contribution is -1.99. The molecule has 0 saturated heterocycles. The standard InChI is InChI=1S/C10H8O3/c1-2-10(11)12-6-7-5-8-3-4-9(7)13-8/h2-5H,1,6H2. The quantitative estimate of drug-likeness (QED) is 0.531. The molecule has 0 amide bonds. The average Bonchev–Trinajstić information content (AvgIpc) is 2.74. The minimum absolute atomic E-state index is 0.244. The van der Waals surface area contributed by atoms with Crippen molar-refractivity contribution in [1.82, 2.24) is 0 Å². The van der Waals surface area contributed by atoms with Crippen molar-refractivity contribution in [3.05, 3.63) is 36.4 Å². The number of hydrogen-bond acceptors (Lipinski definition) is 3. The molecule has 0 N–H and O–H groups in total. The minimum Gasteiger partial charge on any atom is -0.458 e.